The highest BCUT2D eigenvalue weighted by Gasteiger charge is 2.63. The zero-order valence-electron chi connectivity index (χ0n) is 52.1. The lowest BCUT2D eigenvalue weighted by atomic mass is 9.94. The summed E-state index contributed by atoms with van der Waals surface area (Å²) in [6.07, 6.45) is -80.8. The third kappa shape index (κ3) is 15.7. The number of ether oxygens (including phenoxy) is 19. The summed E-state index contributed by atoms with van der Waals surface area (Å²) < 4.78 is 105. The fourth-order valence-corrected chi connectivity index (χ4v) is 12.5. The number of carboxylic acid groups (broad SMARTS) is 5. The molecule has 9 fully saturated rings. The number of aliphatic hydroxyl groups is 18. The molecular formula is C54H78O47. The maximum atomic E-state index is 12.7. The first-order valence-electron chi connectivity index (χ1n) is 30.9. The van der Waals surface area contributed by atoms with E-state index in [0.717, 1.165) is 13.8 Å². The van der Waals surface area contributed by atoms with Crippen molar-refractivity contribution in [2.24, 2.45) is 0 Å². The van der Waals surface area contributed by atoms with Gasteiger partial charge in [0.2, 0.25) is 12.0 Å². The summed E-state index contributed by atoms with van der Waals surface area (Å²) in [7, 11) is 0. The minimum absolute atomic E-state index is 0.550. The Morgan fingerprint density at radius 2 is 0.782 bits per heavy atom. The molecular weight excluding hydrogens is 1400 g/mol. The number of hydrogen-bond donors (Lipinski definition) is 23. The number of fused-ring (bicyclic) bond motifs is 2. The molecule has 0 radical (unpaired) electrons. The van der Waals surface area contributed by atoms with Crippen molar-refractivity contribution in [3.63, 3.8) is 0 Å². The quantitative estimate of drug-likeness (QED) is 0.0479. The zero-order chi connectivity index (χ0) is 74.1. The maximum absolute atomic E-state index is 12.7. The van der Waals surface area contributed by atoms with E-state index >= 15 is 0 Å². The van der Waals surface area contributed by atoms with Crippen molar-refractivity contribution in [3.8, 4) is 0 Å². The minimum Gasteiger partial charge on any atom is -0.479 e. The summed E-state index contributed by atoms with van der Waals surface area (Å²) in [4.78, 5) is 60.8. The zero-order valence-corrected chi connectivity index (χ0v) is 52.1. The SMILES string of the molecule is CC1(C(=O)O)OCC2OC(OC3C(O)C(OC4C(CO)OC(OC5C(CO)OC(OCC6OC(O)C(O)C(O)C6OC6OC(C(=O)O)C(OC7OC(C(=O)O)C(OC8OC(C(=O)O)=CC(O)C8O)C(O)C7O)C(O)C6O)C(O)C5O)C(O)C4O)OC4COC(C)(C(=O)O)OC43)C(O)C(O)C2O1. The van der Waals surface area contributed by atoms with Gasteiger partial charge in [-0.15, -0.1) is 0 Å². The highest BCUT2D eigenvalue weighted by molar-refractivity contribution is 5.84. The normalized spacial score (nSPS) is 51.1. The Hall–Kier alpha value is -4.55. The smallest absolute Gasteiger partial charge is 0.371 e. The Morgan fingerprint density at radius 1 is 0.406 bits per heavy atom. The maximum Gasteiger partial charge on any atom is 0.371 e. The first-order valence-corrected chi connectivity index (χ1v) is 30.9. The van der Waals surface area contributed by atoms with Crippen molar-refractivity contribution in [2.45, 2.75) is 259 Å². The molecule has 10 heterocycles. The van der Waals surface area contributed by atoms with Gasteiger partial charge in [0, 0.05) is 13.8 Å². The van der Waals surface area contributed by atoms with Crippen molar-refractivity contribution < 1.29 is 231 Å². The third-order valence-electron chi connectivity index (χ3n) is 18.3. The summed E-state index contributed by atoms with van der Waals surface area (Å²) in [5, 5.41) is 248. The van der Waals surface area contributed by atoms with Gasteiger partial charge < -0.3 is 207 Å². The van der Waals surface area contributed by atoms with E-state index in [1.807, 2.05) is 0 Å². The predicted molar refractivity (Wildman–Crippen MR) is 292 cm³/mol. The Morgan fingerprint density at radius 3 is 1.26 bits per heavy atom. The van der Waals surface area contributed by atoms with Gasteiger partial charge in [0.05, 0.1) is 33.0 Å². The Balaban J connectivity index is 0.767. The molecule has 40 atom stereocenters. The summed E-state index contributed by atoms with van der Waals surface area (Å²) in [6, 6.07) is 0. The molecule has 0 bridgehead atoms. The van der Waals surface area contributed by atoms with Crippen LogP contribution in [0, 0.1) is 0 Å². The monoisotopic (exact) mass is 1480 g/mol. The van der Waals surface area contributed by atoms with Crippen LogP contribution < -0.4 is 0 Å². The van der Waals surface area contributed by atoms with Gasteiger partial charge in [0.1, 0.15) is 171 Å². The summed E-state index contributed by atoms with van der Waals surface area (Å²) in [6.45, 7) is -2.52. The first-order chi connectivity index (χ1) is 47.4. The molecule has 40 unspecified atom stereocenters. The number of carbonyl (C=O) groups is 5. The van der Waals surface area contributed by atoms with E-state index < -0.39 is 314 Å². The van der Waals surface area contributed by atoms with Crippen LogP contribution in [0.4, 0.5) is 0 Å². The van der Waals surface area contributed by atoms with Gasteiger partial charge in [0.25, 0.3) is 11.6 Å². The van der Waals surface area contributed by atoms with Gasteiger partial charge in [-0.1, -0.05) is 0 Å². The fraction of sp³-hybridized carbons (Fsp3) is 0.870. The van der Waals surface area contributed by atoms with Crippen molar-refractivity contribution in [3.05, 3.63) is 11.8 Å². The van der Waals surface area contributed by atoms with Gasteiger partial charge in [-0.25, -0.2) is 24.0 Å². The predicted octanol–water partition coefficient (Wildman–Crippen LogP) is -15.3. The third-order valence-corrected chi connectivity index (χ3v) is 18.3. The topological polar surface area (TPSA) is 726 Å². The minimum atomic E-state index is -2.56. The highest BCUT2D eigenvalue weighted by Crippen LogP contribution is 2.42. The molecule has 9 saturated heterocycles. The van der Waals surface area contributed by atoms with Crippen LogP contribution in [0.5, 0.6) is 0 Å². The summed E-state index contributed by atoms with van der Waals surface area (Å²) in [5.74, 6) is -14.8. The second-order valence-electron chi connectivity index (χ2n) is 25.0. The summed E-state index contributed by atoms with van der Waals surface area (Å²) in [5.41, 5.74) is 0. The molecule has 23 N–H and O–H groups in total. The van der Waals surface area contributed by atoms with Crippen molar-refractivity contribution in [1.29, 1.82) is 0 Å². The fourth-order valence-electron chi connectivity index (χ4n) is 12.5. The van der Waals surface area contributed by atoms with Gasteiger partial charge in [0.15, 0.2) is 56.2 Å². The van der Waals surface area contributed by atoms with E-state index in [4.69, 9.17) is 90.0 Å². The Labute approximate surface area is 564 Å². The van der Waals surface area contributed by atoms with Crippen LogP contribution in [0.25, 0.3) is 0 Å². The van der Waals surface area contributed by atoms with Crippen LogP contribution in [-0.4, -0.2) is 425 Å². The van der Waals surface area contributed by atoms with Gasteiger partial charge in [-0.05, 0) is 6.08 Å². The average Bonchev–Trinajstić information content (AvgIpc) is 0.755. The van der Waals surface area contributed by atoms with Gasteiger partial charge in [-0.3, -0.25) is 0 Å². The Kier molecular flexibility index (Phi) is 24.6. The van der Waals surface area contributed by atoms with E-state index in [1.54, 1.807) is 0 Å². The van der Waals surface area contributed by atoms with Crippen LogP contribution in [0.3, 0.4) is 0 Å². The molecule has 47 heteroatoms. The molecule has 576 valence electrons. The molecule has 10 aliphatic rings. The van der Waals surface area contributed by atoms with Crippen molar-refractivity contribution in [1.82, 2.24) is 0 Å². The second kappa shape index (κ2) is 31.5. The van der Waals surface area contributed by atoms with E-state index in [2.05, 4.69) is 0 Å². The Bertz CT molecular complexity index is 2910. The largest absolute Gasteiger partial charge is 0.479 e. The molecule has 0 aromatic rings. The van der Waals surface area contributed by atoms with Crippen molar-refractivity contribution in [2.75, 3.05) is 33.0 Å². The number of rotatable bonds is 22. The number of carboxylic acids is 5. The lowest BCUT2D eigenvalue weighted by Gasteiger charge is -2.53. The standard InChI is InChI=1S/C54H78O47/c1-53(51(79)80)84-7-14-33(100-53)20(62)26(68)47(90-14)97-37-29(71)50(91-15-8-85-54(2,52(81)82)101-34(15)37)93-31-12(5-56)89-46(25(67)19(31)61)92-30-11(4-55)88-44(24(66)18(30)60)83-6-13-32(17(59)23(65)43(78)86-13)94-48-27(69)21(63)36(39(98-48)42(76)77)96-49-28(70)22(64)35(38(99-49)41(74)75)95-45-16(58)9(57)3-10(87-45)40(72)73/h3,9,11-39,43-50,55-71,78H,4-8H2,1-2H3,(H,72,73)(H,74,75)(H,76,77)(H,79,80)(H,81,82). The highest BCUT2D eigenvalue weighted by atomic mass is 16.8. The number of aliphatic hydroxyl groups excluding tert-OH is 18. The lowest BCUT2D eigenvalue weighted by Crippen LogP contribution is -2.71. The number of hydrogen-bond acceptors (Lipinski definition) is 42. The van der Waals surface area contributed by atoms with Crippen LogP contribution in [0.15, 0.2) is 11.8 Å². The van der Waals surface area contributed by atoms with Crippen LogP contribution >= 0.6 is 0 Å². The molecule has 0 spiro atoms. The summed E-state index contributed by atoms with van der Waals surface area (Å²) >= 11 is 0. The van der Waals surface area contributed by atoms with E-state index in [9.17, 15) is 141 Å². The molecule has 0 aliphatic carbocycles. The molecule has 47 nitrogen and oxygen atoms in total. The molecule has 0 amide bonds. The number of aliphatic carboxylic acids is 5. The van der Waals surface area contributed by atoms with E-state index in [-0.39, 0.29) is 0 Å². The molecule has 10 aliphatic heterocycles. The molecule has 0 saturated carbocycles. The average molecular weight is 1480 g/mol. The lowest BCUT2D eigenvalue weighted by molar-refractivity contribution is -0.424. The molecule has 0 aromatic carbocycles. The second-order valence-corrected chi connectivity index (χ2v) is 25.0. The van der Waals surface area contributed by atoms with E-state index in [0.29, 0.717) is 6.08 Å². The van der Waals surface area contributed by atoms with Crippen molar-refractivity contribution >= 4 is 29.8 Å². The molecule has 10 rings (SSSR count). The van der Waals surface area contributed by atoms with Gasteiger partial charge >= 0.3 is 29.8 Å². The molecule has 101 heavy (non-hydrogen) atoms. The van der Waals surface area contributed by atoms with Crippen LogP contribution in [-0.2, 0) is 114 Å². The van der Waals surface area contributed by atoms with Crippen LogP contribution in [0.2, 0.25) is 0 Å². The van der Waals surface area contributed by atoms with Crippen LogP contribution in [0.1, 0.15) is 13.8 Å². The van der Waals surface area contributed by atoms with Gasteiger partial charge in [-0.2, -0.15) is 0 Å². The molecule has 0 aromatic heterocycles. The van der Waals surface area contributed by atoms with E-state index in [1.165, 1.54) is 0 Å². The first kappa shape index (κ1) is 79.0.